The highest BCUT2D eigenvalue weighted by Gasteiger charge is 2.28. The van der Waals surface area contributed by atoms with Crippen molar-refractivity contribution in [2.45, 2.75) is 30.4 Å². The van der Waals surface area contributed by atoms with Crippen LogP contribution in [-0.2, 0) is 16.4 Å². The molecule has 2 heterocycles. The zero-order chi connectivity index (χ0) is 15.0. The Morgan fingerprint density at radius 2 is 2.19 bits per heavy atom. The van der Waals surface area contributed by atoms with Gasteiger partial charge in [0.1, 0.15) is 0 Å². The number of thiophene rings is 1. The molecule has 0 saturated carbocycles. The Morgan fingerprint density at radius 1 is 1.38 bits per heavy atom. The molecular formula is C13H13NO5S2. The van der Waals surface area contributed by atoms with Gasteiger partial charge in [0.25, 0.3) is 10.0 Å². The van der Waals surface area contributed by atoms with Gasteiger partial charge in [-0.3, -0.25) is 0 Å². The van der Waals surface area contributed by atoms with Crippen molar-refractivity contribution in [3.63, 3.8) is 0 Å². The van der Waals surface area contributed by atoms with Gasteiger partial charge in [-0.25, -0.2) is 17.9 Å². The molecule has 1 aliphatic rings. The molecule has 0 bridgehead atoms. The molecule has 3 rings (SSSR count). The second-order valence-corrected chi connectivity index (χ2v) is 7.43. The van der Waals surface area contributed by atoms with Gasteiger partial charge in [-0.05, 0) is 48.4 Å². The highest BCUT2D eigenvalue weighted by molar-refractivity contribution is 7.89. The van der Waals surface area contributed by atoms with Gasteiger partial charge in [0.15, 0.2) is 0 Å². The summed E-state index contributed by atoms with van der Waals surface area (Å²) in [4.78, 5) is 11.9. The number of carboxylic acids is 1. The smallest absolute Gasteiger partial charge is 0.371 e. The van der Waals surface area contributed by atoms with Gasteiger partial charge in [-0.2, -0.15) is 0 Å². The summed E-state index contributed by atoms with van der Waals surface area (Å²) in [6, 6.07) is 3.93. The molecule has 1 aliphatic carbocycles. The first-order valence-electron chi connectivity index (χ1n) is 6.39. The Bertz CT molecular complexity index is 774. The number of carbonyl (C=O) groups is 1. The largest absolute Gasteiger partial charge is 0.475 e. The van der Waals surface area contributed by atoms with Crippen molar-refractivity contribution in [1.82, 2.24) is 4.72 Å². The zero-order valence-corrected chi connectivity index (χ0v) is 12.5. The number of furan rings is 1. The molecule has 0 spiro atoms. The second kappa shape index (κ2) is 5.28. The van der Waals surface area contributed by atoms with Crippen molar-refractivity contribution >= 4 is 27.3 Å². The lowest BCUT2D eigenvalue weighted by molar-refractivity contribution is 0.0656. The van der Waals surface area contributed by atoms with E-state index in [-0.39, 0.29) is 11.1 Å². The molecule has 21 heavy (non-hydrogen) atoms. The molecule has 0 amide bonds. The summed E-state index contributed by atoms with van der Waals surface area (Å²) < 4.78 is 32.0. The molecule has 8 heteroatoms. The number of nitrogens with one attached hydrogen (secondary N) is 1. The van der Waals surface area contributed by atoms with Crippen LogP contribution in [0.1, 0.15) is 39.9 Å². The van der Waals surface area contributed by atoms with E-state index in [2.05, 4.69) is 4.72 Å². The van der Waals surface area contributed by atoms with Crippen LogP contribution in [0.2, 0.25) is 0 Å². The summed E-state index contributed by atoms with van der Waals surface area (Å²) in [5.74, 6) is -1.69. The molecule has 2 N–H and O–H groups in total. The minimum Gasteiger partial charge on any atom is -0.475 e. The molecule has 112 valence electrons. The number of aryl methyl sites for hydroxylation is 1. The van der Waals surface area contributed by atoms with E-state index in [1.807, 2.05) is 11.4 Å². The molecule has 0 radical (unpaired) electrons. The lowest BCUT2D eigenvalue weighted by Crippen LogP contribution is -2.30. The molecule has 2 aromatic rings. The lowest BCUT2D eigenvalue weighted by Gasteiger charge is -2.22. The maximum absolute atomic E-state index is 12.3. The Kier molecular flexibility index (Phi) is 3.60. The third-order valence-electron chi connectivity index (χ3n) is 3.41. The Labute approximate surface area is 125 Å². The lowest BCUT2D eigenvalue weighted by atomic mass is 9.95. The topological polar surface area (TPSA) is 96.6 Å². The van der Waals surface area contributed by atoms with E-state index < -0.39 is 21.8 Å². The minimum atomic E-state index is -3.87. The zero-order valence-electron chi connectivity index (χ0n) is 10.9. The van der Waals surface area contributed by atoms with Crippen LogP contribution >= 0.6 is 11.3 Å². The Morgan fingerprint density at radius 3 is 2.90 bits per heavy atom. The number of fused-ring (bicyclic) bond motifs is 1. The van der Waals surface area contributed by atoms with Crippen molar-refractivity contribution in [2.24, 2.45) is 0 Å². The van der Waals surface area contributed by atoms with Crippen molar-refractivity contribution in [1.29, 1.82) is 0 Å². The van der Waals surface area contributed by atoms with Crippen LogP contribution in [0.25, 0.3) is 0 Å². The monoisotopic (exact) mass is 327 g/mol. The fraction of sp³-hybridized carbons (Fsp3) is 0.308. The van der Waals surface area contributed by atoms with Crippen molar-refractivity contribution < 1.29 is 22.7 Å². The minimum absolute atomic E-state index is 0.289. The fourth-order valence-corrected chi connectivity index (χ4v) is 4.60. The van der Waals surface area contributed by atoms with Crippen LogP contribution in [0.5, 0.6) is 0 Å². The van der Waals surface area contributed by atoms with Gasteiger partial charge in [-0.1, -0.05) is 0 Å². The fourth-order valence-electron chi connectivity index (χ4n) is 2.43. The van der Waals surface area contributed by atoms with Gasteiger partial charge >= 0.3 is 5.97 Å². The maximum atomic E-state index is 12.3. The average Bonchev–Trinajstić information content (AvgIpc) is 3.08. The molecule has 1 atom stereocenters. The van der Waals surface area contributed by atoms with E-state index in [1.165, 1.54) is 4.88 Å². The summed E-state index contributed by atoms with van der Waals surface area (Å²) in [6.45, 7) is 0. The first-order chi connectivity index (χ1) is 9.97. The van der Waals surface area contributed by atoms with E-state index in [9.17, 15) is 13.2 Å². The van der Waals surface area contributed by atoms with Gasteiger partial charge in [-0.15, -0.1) is 11.3 Å². The summed E-state index contributed by atoms with van der Waals surface area (Å²) in [7, 11) is -3.87. The van der Waals surface area contributed by atoms with Crippen LogP contribution in [0.3, 0.4) is 0 Å². The molecule has 1 unspecified atom stereocenters. The Hall–Kier alpha value is -1.64. The maximum Gasteiger partial charge on any atom is 0.371 e. The molecular weight excluding hydrogens is 314 g/mol. The molecule has 0 aromatic carbocycles. The normalized spacial score (nSPS) is 18.4. The predicted octanol–water partition coefficient (Wildman–Crippen LogP) is 2.40. The highest BCUT2D eigenvalue weighted by atomic mass is 32.2. The molecule has 0 saturated heterocycles. The third-order valence-corrected chi connectivity index (χ3v) is 5.75. The van der Waals surface area contributed by atoms with Crippen LogP contribution in [0.15, 0.2) is 33.1 Å². The van der Waals surface area contributed by atoms with E-state index >= 15 is 0 Å². The highest BCUT2D eigenvalue weighted by Crippen LogP contribution is 2.34. The number of hydrogen-bond donors (Lipinski definition) is 2. The quantitative estimate of drug-likeness (QED) is 0.899. The van der Waals surface area contributed by atoms with Gasteiger partial charge < -0.3 is 9.52 Å². The van der Waals surface area contributed by atoms with Crippen LogP contribution in [0, 0.1) is 0 Å². The average molecular weight is 327 g/mol. The SMILES string of the molecule is O=C(O)c1ccc(S(=O)(=O)NC2CCCc3sccc32)o1. The van der Waals surface area contributed by atoms with E-state index in [4.69, 9.17) is 9.52 Å². The van der Waals surface area contributed by atoms with Gasteiger partial charge in [0, 0.05) is 10.9 Å². The van der Waals surface area contributed by atoms with E-state index in [1.54, 1.807) is 11.3 Å². The predicted molar refractivity (Wildman–Crippen MR) is 76.0 cm³/mol. The molecule has 0 aliphatic heterocycles. The van der Waals surface area contributed by atoms with Gasteiger partial charge in [0.2, 0.25) is 10.9 Å². The summed E-state index contributed by atoms with van der Waals surface area (Å²) in [6.07, 6.45) is 2.60. The van der Waals surface area contributed by atoms with Crippen LogP contribution < -0.4 is 4.72 Å². The first-order valence-corrected chi connectivity index (χ1v) is 8.75. The number of rotatable bonds is 4. The summed E-state index contributed by atoms with van der Waals surface area (Å²) in [5, 5.41) is 10.4. The van der Waals surface area contributed by atoms with Crippen LogP contribution in [-0.4, -0.2) is 19.5 Å². The molecule has 2 aromatic heterocycles. The summed E-state index contributed by atoms with van der Waals surface area (Å²) in [5.41, 5.74) is 1.000. The van der Waals surface area contributed by atoms with Gasteiger partial charge in [0.05, 0.1) is 0 Å². The molecule has 6 nitrogen and oxygen atoms in total. The number of sulfonamides is 1. The second-order valence-electron chi connectivity index (χ2n) is 4.79. The molecule has 0 fully saturated rings. The van der Waals surface area contributed by atoms with E-state index in [0.717, 1.165) is 37.0 Å². The third kappa shape index (κ3) is 2.74. The van der Waals surface area contributed by atoms with Crippen molar-refractivity contribution in [3.05, 3.63) is 39.8 Å². The number of carboxylic acid groups (broad SMARTS) is 1. The van der Waals surface area contributed by atoms with Crippen molar-refractivity contribution in [2.75, 3.05) is 0 Å². The first kappa shape index (κ1) is 14.3. The van der Waals surface area contributed by atoms with Crippen molar-refractivity contribution in [3.8, 4) is 0 Å². The summed E-state index contributed by atoms with van der Waals surface area (Å²) >= 11 is 1.62. The Balaban J connectivity index is 1.85. The standard InChI is InChI=1S/C13H13NO5S2/c15-13(16)10-4-5-12(19-10)21(17,18)14-9-2-1-3-11-8(9)6-7-20-11/h4-7,9,14H,1-3H2,(H,15,16). The van der Waals surface area contributed by atoms with E-state index in [0.29, 0.717) is 0 Å². The number of aromatic carboxylic acids is 1. The van der Waals surface area contributed by atoms with Crippen LogP contribution in [0.4, 0.5) is 0 Å². The number of hydrogen-bond acceptors (Lipinski definition) is 5.